The highest BCUT2D eigenvalue weighted by atomic mass is 16.5. The lowest BCUT2D eigenvalue weighted by molar-refractivity contribution is 0.148. The molecule has 0 amide bonds. The minimum absolute atomic E-state index is 0.190. The van der Waals surface area contributed by atoms with Crippen LogP contribution in [0.5, 0.6) is 5.75 Å². The Morgan fingerprint density at radius 3 is 2.68 bits per heavy atom. The zero-order valence-corrected chi connectivity index (χ0v) is 15.3. The first-order chi connectivity index (χ1) is 13.7. The van der Waals surface area contributed by atoms with Crippen molar-refractivity contribution in [2.75, 3.05) is 5.32 Å². The van der Waals surface area contributed by atoms with Crippen LogP contribution in [0.3, 0.4) is 0 Å². The summed E-state index contributed by atoms with van der Waals surface area (Å²) in [4.78, 5) is 8.13. The Hall–Kier alpha value is -3.44. The van der Waals surface area contributed by atoms with Crippen LogP contribution in [0.25, 0.3) is 11.3 Å². The maximum absolute atomic E-state index is 8.80. The second-order valence-corrected chi connectivity index (χ2v) is 6.84. The molecule has 3 aromatic rings. The van der Waals surface area contributed by atoms with Crippen LogP contribution in [-0.2, 0) is 0 Å². The molecule has 2 aromatic heterocycles. The molecule has 0 spiro atoms. The summed E-state index contributed by atoms with van der Waals surface area (Å²) in [5, 5.41) is 19.2. The molecule has 8 nitrogen and oxygen atoms in total. The van der Waals surface area contributed by atoms with E-state index in [0.29, 0.717) is 17.7 Å². The summed E-state index contributed by atoms with van der Waals surface area (Å²) in [7, 11) is 0. The first-order valence-electron chi connectivity index (χ1n) is 9.27. The van der Waals surface area contributed by atoms with Gasteiger partial charge in [-0.3, -0.25) is 5.10 Å². The fourth-order valence-electron chi connectivity index (χ4n) is 3.28. The van der Waals surface area contributed by atoms with Crippen LogP contribution in [0.1, 0.15) is 31.4 Å². The Bertz CT molecular complexity index is 969. The van der Waals surface area contributed by atoms with Gasteiger partial charge in [-0.05, 0) is 37.8 Å². The van der Waals surface area contributed by atoms with E-state index < -0.39 is 0 Å². The van der Waals surface area contributed by atoms with Crippen molar-refractivity contribution in [3.63, 3.8) is 0 Å². The molecule has 8 heteroatoms. The molecular weight excluding hydrogens is 354 g/mol. The van der Waals surface area contributed by atoms with Gasteiger partial charge in [0.2, 0.25) is 0 Å². The van der Waals surface area contributed by atoms with Gasteiger partial charge in [0.15, 0.2) is 11.5 Å². The Kier molecular flexibility index (Phi) is 5.17. The third-order valence-electron chi connectivity index (χ3n) is 4.79. The van der Waals surface area contributed by atoms with Gasteiger partial charge in [-0.2, -0.15) is 10.4 Å². The van der Waals surface area contributed by atoms with Crippen molar-refractivity contribution in [3.05, 3.63) is 48.4 Å². The van der Waals surface area contributed by atoms with E-state index in [9.17, 15) is 0 Å². The fourth-order valence-corrected chi connectivity index (χ4v) is 3.28. The highest BCUT2D eigenvalue weighted by molar-refractivity contribution is 5.70. The lowest BCUT2D eigenvalue weighted by atomic mass is 9.93. The zero-order valence-electron chi connectivity index (χ0n) is 15.3. The summed E-state index contributed by atoms with van der Waals surface area (Å²) in [6.45, 7) is 0. The third-order valence-corrected chi connectivity index (χ3v) is 4.79. The van der Waals surface area contributed by atoms with E-state index in [-0.39, 0.29) is 11.8 Å². The maximum atomic E-state index is 8.80. The van der Waals surface area contributed by atoms with Gasteiger partial charge < -0.3 is 15.8 Å². The smallest absolute Gasteiger partial charge is 0.158 e. The number of nitrogens with zero attached hydrogens (tertiary/aromatic N) is 4. The van der Waals surface area contributed by atoms with Gasteiger partial charge >= 0.3 is 0 Å². The molecule has 1 aromatic carbocycles. The number of ether oxygens (including phenoxy) is 1. The highest BCUT2D eigenvalue weighted by Gasteiger charge is 2.21. The van der Waals surface area contributed by atoms with Crippen LogP contribution < -0.4 is 15.8 Å². The molecule has 0 unspecified atom stereocenters. The summed E-state index contributed by atoms with van der Waals surface area (Å²) < 4.78 is 6.27. The first kappa shape index (κ1) is 17.9. The number of aromatic nitrogens is 4. The van der Waals surface area contributed by atoms with Gasteiger partial charge in [-0.1, -0.05) is 12.1 Å². The number of anilines is 2. The monoisotopic (exact) mass is 375 g/mol. The number of nitriles is 1. The van der Waals surface area contributed by atoms with Crippen LogP contribution in [0, 0.1) is 11.3 Å². The average molecular weight is 375 g/mol. The number of nitrogens with one attached hydrogen (secondary N) is 2. The number of para-hydroxylation sites is 1. The quantitative estimate of drug-likeness (QED) is 0.625. The molecule has 1 aliphatic carbocycles. The number of H-pyrrole nitrogens is 1. The van der Waals surface area contributed by atoms with E-state index in [0.717, 1.165) is 42.7 Å². The third kappa shape index (κ3) is 4.10. The Morgan fingerprint density at radius 1 is 1.11 bits per heavy atom. The normalized spacial score (nSPS) is 19.0. The minimum atomic E-state index is 0.190. The van der Waals surface area contributed by atoms with Crippen LogP contribution in [0.15, 0.2) is 42.7 Å². The molecule has 4 N–H and O–H groups in total. The molecule has 1 saturated carbocycles. The maximum Gasteiger partial charge on any atom is 0.158 e. The van der Waals surface area contributed by atoms with Crippen molar-refractivity contribution in [2.24, 2.45) is 5.73 Å². The predicted molar refractivity (Wildman–Crippen MR) is 105 cm³/mol. The molecule has 0 aliphatic heterocycles. The lowest BCUT2D eigenvalue weighted by Gasteiger charge is -2.27. The van der Waals surface area contributed by atoms with E-state index in [1.54, 1.807) is 0 Å². The fraction of sp³-hybridized carbons (Fsp3) is 0.300. The molecule has 0 radical (unpaired) electrons. The average Bonchev–Trinajstić information content (AvgIpc) is 3.19. The summed E-state index contributed by atoms with van der Waals surface area (Å²) in [6.07, 6.45) is 7.04. The summed E-state index contributed by atoms with van der Waals surface area (Å²) in [5.41, 5.74) is 8.05. The van der Waals surface area contributed by atoms with Gasteiger partial charge in [-0.25, -0.2) is 9.97 Å². The molecule has 1 aliphatic rings. The number of aromatic amines is 1. The predicted octanol–water partition coefficient (Wildman–Crippen LogP) is 3.13. The minimum Gasteiger partial charge on any atom is -0.490 e. The van der Waals surface area contributed by atoms with Gasteiger partial charge in [0, 0.05) is 17.7 Å². The second-order valence-electron chi connectivity index (χ2n) is 6.84. The standard InChI is InChI=1S/C20H21N7O/c21-10-14-11-24-20(12-23-14)25-19-9-17(26-27-19)16-3-1-2-4-18(16)28-15-7-5-13(22)6-8-15/h1-4,9,11-13,15H,5-8,22H2,(H2,24,25,26,27). The second kappa shape index (κ2) is 8.06. The molecule has 0 bridgehead atoms. The number of benzene rings is 1. The van der Waals surface area contributed by atoms with Gasteiger partial charge in [-0.15, -0.1) is 0 Å². The first-order valence-corrected chi connectivity index (χ1v) is 9.27. The SMILES string of the molecule is N#Cc1cnc(Nc2cc(-c3ccccc3OC3CCC(N)CC3)[nH]n2)cn1. The number of hydrogen-bond donors (Lipinski definition) is 3. The number of hydrogen-bond acceptors (Lipinski definition) is 7. The topological polar surface area (TPSA) is 126 Å². The van der Waals surface area contributed by atoms with Crippen molar-refractivity contribution in [1.82, 2.24) is 20.2 Å². The van der Waals surface area contributed by atoms with Gasteiger partial charge in [0.25, 0.3) is 0 Å². The molecular formula is C20H21N7O. The largest absolute Gasteiger partial charge is 0.490 e. The Balaban J connectivity index is 1.49. The van der Waals surface area contributed by atoms with Gasteiger partial charge in [0.1, 0.15) is 17.6 Å². The molecule has 1 fully saturated rings. The van der Waals surface area contributed by atoms with Crippen molar-refractivity contribution >= 4 is 11.6 Å². The summed E-state index contributed by atoms with van der Waals surface area (Å²) >= 11 is 0. The van der Waals surface area contributed by atoms with Crippen LogP contribution in [0.4, 0.5) is 11.6 Å². The van der Waals surface area contributed by atoms with Gasteiger partial charge in [0.05, 0.1) is 24.2 Å². The molecule has 0 saturated heterocycles. The molecule has 4 rings (SSSR count). The van der Waals surface area contributed by atoms with Crippen molar-refractivity contribution in [2.45, 2.75) is 37.8 Å². The van der Waals surface area contributed by atoms with Crippen molar-refractivity contribution in [1.29, 1.82) is 5.26 Å². The molecule has 0 atom stereocenters. The van der Waals surface area contributed by atoms with E-state index in [1.807, 2.05) is 36.4 Å². The molecule has 28 heavy (non-hydrogen) atoms. The molecule has 142 valence electrons. The zero-order chi connectivity index (χ0) is 19.3. The summed E-state index contributed by atoms with van der Waals surface area (Å²) in [5.74, 6) is 1.95. The van der Waals surface area contributed by atoms with E-state index in [1.165, 1.54) is 12.4 Å². The van der Waals surface area contributed by atoms with Crippen LogP contribution >= 0.6 is 0 Å². The van der Waals surface area contributed by atoms with E-state index >= 15 is 0 Å². The van der Waals surface area contributed by atoms with Crippen molar-refractivity contribution < 1.29 is 4.74 Å². The number of nitrogens with two attached hydrogens (primary N) is 1. The van der Waals surface area contributed by atoms with E-state index in [4.69, 9.17) is 15.7 Å². The van der Waals surface area contributed by atoms with Crippen LogP contribution in [-0.4, -0.2) is 32.3 Å². The lowest BCUT2D eigenvalue weighted by Crippen LogP contribution is -2.31. The Labute approximate surface area is 162 Å². The van der Waals surface area contributed by atoms with Crippen LogP contribution in [0.2, 0.25) is 0 Å². The molecule has 2 heterocycles. The van der Waals surface area contributed by atoms with E-state index in [2.05, 4.69) is 25.5 Å². The number of rotatable bonds is 5. The van der Waals surface area contributed by atoms with Crippen molar-refractivity contribution in [3.8, 4) is 23.1 Å². The Morgan fingerprint density at radius 2 is 1.93 bits per heavy atom. The highest BCUT2D eigenvalue weighted by Crippen LogP contribution is 2.32. The summed E-state index contributed by atoms with van der Waals surface area (Å²) in [6, 6.07) is 12.0.